The van der Waals surface area contributed by atoms with Crippen molar-refractivity contribution < 1.29 is 28.6 Å². The molecule has 0 bridgehead atoms. The molecule has 0 amide bonds. The first kappa shape index (κ1) is 50.1. The summed E-state index contributed by atoms with van der Waals surface area (Å²) in [6.07, 6.45) is 37.7. The van der Waals surface area contributed by atoms with Crippen molar-refractivity contribution >= 4 is 17.9 Å². The van der Waals surface area contributed by atoms with Crippen LogP contribution in [-0.4, -0.2) is 62.8 Å². The first-order valence-corrected chi connectivity index (χ1v) is 23.1. The van der Waals surface area contributed by atoms with Gasteiger partial charge in [0, 0.05) is 25.3 Å². The van der Waals surface area contributed by atoms with E-state index in [1.54, 1.807) is 0 Å². The molecular formula is C47H87NO6. The van der Waals surface area contributed by atoms with Crippen molar-refractivity contribution in [2.75, 3.05) is 33.9 Å². The van der Waals surface area contributed by atoms with Crippen LogP contribution in [0.25, 0.3) is 0 Å². The summed E-state index contributed by atoms with van der Waals surface area (Å²) >= 11 is 0. The maximum Gasteiger partial charge on any atom is 0.307 e. The van der Waals surface area contributed by atoms with Gasteiger partial charge in [0.1, 0.15) is 6.10 Å². The molecule has 4 atom stereocenters. The lowest BCUT2D eigenvalue weighted by Gasteiger charge is -2.24. The van der Waals surface area contributed by atoms with Crippen LogP contribution in [-0.2, 0) is 28.6 Å². The number of allylic oxidation sites excluding steroid dienone is 2. The maximum absolute atomic E-state index is 13.1. The number of hydrogen-bond donors (Lipinski definition) is 0. The topological polar surface area (TPSA) is 82.1 Å². The van der Waals surface area contributed by atoms with Gasteiger partial charge in [-0.1, -0.05) is 161 Å². The number of unbranched alkanes of at least 4 members (excludes halogenated alkanes) is 19. The summed E-state index contributed by atoms with van der Waals surface area (Å²) in [4.78, 5) is 40.1. The van der Waals surface area contributed by atoms with Crippen molar-refractivity contribution in [1.29, 1.82) is 0 Å². The Morgan fingerprint density at radius 2 is 1.17 bits per heavy atom. The zero-order valence-electron chi connectivity index (χ0n) is 36.2. The molecule has 7 heteroatoms. The molecule has 1 saturated carbocycles. The van der Waals surface area contributed by atoms with E-state index >= 15 is 0 Å². The second kappa shape index (κ2) is 35.5. The van der Waals surface area contributed by atoms with Crippen LogP contribution in [0.15, 0.2) is 12.2 Å². The fourth-order valence-corrected chi connectivity index (χ4v) is 7.88. The van der Waals surface area contributed by atoms with Crippen LogP contribution in [0.5, 0.6) is 0 Å². The van der Waals surface area contributed by atoms with Crippen LogP contribution in [0.3, 0.4) is 0 Å². The van der Waals surface area contributed by atoms with Gasteiger partial charge >= 0.3 is 17.9 Å². The largest absolute Gasteiger partial charge is 0.466 e. The van der Waals surface area contributed by atoms with Gasteiger partial charge in [-0.25, -0.2) is 0 Å². The lowest BCUT2D eigenvalue weighted by Crippen LogP contribution is -2.28. The van der Waals surface area contributed by atoms with E-state index in [0.29, 0.717) is 45.4 Å². The van der Waals surface area contributed by atoms with Crippen LogP contribution in [0, 0.1) is 17.8 Å². The molecule has 316 valence electrons. The number of carbonyl (C=O) groups is 3. The van der Waals surface area contributed by atoms with Gasteiger partial charge in [-0.15, -0.1) is 0 Å². The average Bonchev–Trinajstić information content (AvgIpc) is 3.51. The lowest BCUT2D eigenvalue weighted by molar-refractivity contribution is -0.152. The van der Waals surface area contributed by atoms with Gasteiger partial charge in [0.05, 0.1) is 19.6 Å². The Hall–Kier alpha value is -1.89. The summed E-state index contributed by atoms with van der Waals surface area (Å²) in [6, 6.07) is 0. The van der Waals surface area contributed by atoms with Crippen molar-refractivity contribution in [3.8, 4) is 0 Å². The molecule has 1 rings (SSSR count). The van der Waals surface area contributed by atoms with Gasteiger partial charge in [-0.05, 0) is 70.9 Å². The summed E-state index contributed by atoms with van der Waals surface area (Å²) in [6.45, 7) is 8.03. The molecule has 4 unspecified atom stereocenters. The predicted octanol–water partition coefficient (Wildman–Crippen LogP) is 12.7. The van der Waals surface area contributed by atoms with Gasteiger partial charge in [-0.3, -0.25) is 14.4 Å². The minimum absolute atomic E-state index is 0.0955. The molecular weight excluding hydrogens is 675 g/mol. The van der Waals surface area contributed by atoms with E-state index in [2.05, 4.69) is 32.9 Å². The number of nitrogens with zero attached hydrogens (tertiary/aromatic N) is 1. The Labute approximate surface area is 333 Å². The summed E-state index contributed by atoms with van der Waals surface area (Å²) in [5.74, 6) is 0.0560. The molecule has 0 saturated heterocycles. The van der Waals surface area contributed by atoms with E-state index < -0.39 is 0 Å². The van der Waals surface area contributed by atoms with Crippen molar-refractivity contribution in [1.82, 2.24) is 4.90 Å². The van der Waals surface area contributed by atoms with E-state index in [4.69, 9.17) is 14.2 Å². The molecule has 0 radical (unpaired) electrons. The predicted molar refractivity (Wildman–Crippen MR) is 225 cm³/mol. The molecule has 1 aliphatic carbocycles. The van der Waals surface area contributed by atoms with E-state index in [0.717, 1.165) is 51.4 Å². The monoisotopic (exact) mass is 762 g/mol. The smallest absolute Gasteiger partial charge is 0.307 e. The Morgan fingerprint density at radius 1 is 0.611 bits per heavy atom. The standard InChI is InChI=1S/C47H87NO6/c1-6-9-12-14-15-16-17-18-19-20-21-22-23-24-26-28-30-41(40-53-45(49)32-29-25-13-10-7-2)36-38-52-47(51)39-42-33-34-44(43(42)31-27-11-8-3)54-46(50)35-37-48(4)5/h11,27,41-44H,6-10,12-26,28-40H2,1-5H3/b27-11-. The minimum atomic E-state index is -0.172. The molecule has 0 aromatic rings. The summed E-state index contributed by atoms with van der Waals surface area (Å²) in [5, 5.41) is 0. The van der Waals surface area contributed by atoms with Crippen molar-refractivity contribution in [3.05, 3.63) is 12.2 Å². The van der Waals surface area contributed by atoms with Gasteiger partial charge in [0.15, 0.2) is 0 Å². The van der Waals surface area contributed by atoms with Crippen LogP contribution in [0.4, 0.5) is 0 Å². The lowest BCUT2D eigenvalue weighted by atomic mass is 9.88. The highest BCUT2D eigenvalue weighted by molar-refractivity contribution is 5.71. The normalized spacial score (nSPS) is 17.7. The molecule has 0 aromatic carbocycles. The summed E-state index contributed by atoms with van der Waals surface area (Å²) in [5.41, 5.74) is 0. The third-order valence-corrected chi connectivity index (χ3v) is 11.4. The van der Waals surface area contributed by atoms with E-state index in [-0.39, 0.29) is 41.8 Å². The molecule has 0 aliphatic heterocycles. The Morgan fingerprint density at radius 3 is 1.72 bits per heavy atom. The van der Waals surface area contributed by atoms with Crippen LogP contribution >= 0.6 is 0 Å². The summed E-state index contributed by atoms with van der Waals surface area (Å²) < 4.78 is 17.5. The van der Waals surface area contributed by atoms with Gasteiger partial charge in [0.2, 0.25) is 0 Å². The number of carbonyl (C=O) groups excluding carboxylic acids is 3. The Bertz CT molecular complexity index is 935. The van der Waals surface area contributed by atoms with E-state index in [9.17, 15) is 14.4 Å². The Balaban J connectivity index is 2.46. The van der Waals surface area contributed by atoms with Crippen molar-refractivity contribution in [3.63, 3.8) is 0 Å². The van der Waals surface area contributed by atoms with E-state index in [1.165, 1.54) is 116 Å². The second-order valence-electron chi connectivity index (χ2n) is 16.7. The molecule has 0 heterocycles. The second-order valence-corrected chi connectivity index (χ2v) is 16.7. The van der Waals surface area contributed by atoms with Crippen LogP contribution in [0.2, 0.25) is 0 Å². The fourth-order valence-electron chi connectivity index (χ4n) is 7.88. The maximum atomic E-state index is 13.1. The molecule has 0 aromatic heterocycles. The number of ether oxygens (including phenoxy) is 3. The summed E-state index contributed by atoms with van der Waals surface area (Å²) in [7, 11) is 3.91. The highest BCUT2D eigenvalue weighted by Crippen LogP contribution is 2.39. The van der Waals surface area contributed by atoms with E-state index in [1.807, 2.05) is 19.0 Å². The molecule has 54 heavy (non-hydrogen) atoms. The highest BCUT2D eigenvalue weighted by atomic mass is 16.5. The third kappa shape index (κ3) is 28.5. The minimum Gasteiger partial charge on any atom is -0.466 e. The van der Waals surface area contributed by atoms with Crippen molar-refractivity contribution in [2.24, 2.45) is 17.8 Å². The third-order valence-electron chi connectivity index (χ3n) is 11.4. The zero-order valence-corrected chi connectivity index (χ0v) is 36.2. The number of rotatable bonds is 37. The highest BCUT2D eigenvalue weighted by Gasteiger charge is 2.39. The van der Waals surface area contributed by atoms with Crippen molar-refractivity contribution in [2.45, 2.75) is 219 Å². The van der Waals surface area contributed by atoms with Gasteiger partial charge in [0.25, 0.3) is 0 Å². The number of esters is 3. The van der Waals surface area contributed by atoms with Crippen LogP contribution < -0.4 is 0 Å². The molecule has 7 nitrogen and oxygen atoms in total. The zero-order chi connectivity index (χ0) is 39.5. The van der Waals surface area contributed by atoms with Gasteiger partial charge in [-0.2, -0.15) is 0 Å². The fraction of sp³-hybridized carbons (Fsp3) is 0.894. The number of hydrogen-bond acceptors (Lipinski definition) is 7. The van der Waals surface area contributed by atoms with Gasteiger partial charge < -0.3 is 19.1 Å². The quantitative estimate of drug-likeness (QED) is 0.0270. The molecule has 1 aliphatic rings. The first-order chi connectivity index (χ1) is 26.3. The first-order valence-electron chi connectivity index (χ1n) is 23.1. The molecule has 0 spiro atoms. The molecule has 1 fully saturated rings. The SMILES string of the molecule is CC/C=C\CC1C(CC(=O)OCCC(CCCCCCCCCCCCCCCCCC)COC(=O)CCCCCCC)CCC1OC(=O)CCN(C)C. The average molecular weight is 762 g/mol. The Kier molecular flexibility index (Phi) is 33.0. The molecule has 0 N–H and O–H groups in total. The van der Waals surface area contributed by atoms with Crippen LogP contribution in [0.1, 0.15) is 213 Å².